The number of benzene rings is 3. The Morgan fingerprint density at radius 3 is 2.61 bits per heavy atom. The van der Waals surface area contributed by atoms with Gasteiger partial charge in [0, 0.05) is 18.8 Å². The van der Waals surface area contributed by atoms with Gasteiger partial charge in [-0.1, -0.05) is 54.6 Å². The minimum Gasteiger partial charge on any atom is -0.497 e. The summed E-state index contributed by atoms with van der Waals surface area (Å²) in [5.41, 5.74) is 3.99. The predicted molar refractivity (Wildman–Crippen MR) is 145 cm³/mol. The molecular weight excluding hydrogens is 468 g/mol. The van der Waals surface area contributed by atoms with Crippen LogP contribution in [0.15, 0.2) is 106 Å². The molecule has 2 aliphatic heterocycles. The van der Waals surface area contributed by atoms with Crippen LogP contribution >= 0.6 is 11.8 Å². The molecule has 0 saturated carbocycles. The molecule has 2 aliphatic rings. The van der Waals surface area contributed by atoms with Crippen molar-refractivity contribution in [2.45, 2.75) is 12.5 Å². The molecule has 0 bridgehead atoms. The molecule has 0 spiro atoms. The van der Waals surface area contributed by atoms with Crippen molar-refractivity contribution in [1.82, 2.24) is 9.99 Å². The molecule has 7 heteroatoms. The van der Waals surface area contributed by atoms with Gasteiger partial charge in [0.05, 0.1) is 23.8 Å². The molecule has 3 aromatic carbocycles. The summed E-state index contributed by atoms with van der Waals surface area (Å²) in [5, 5.41) is 9.04. The summed E-state index contributed by atoms with van der Waals surface area (Å²) < 4.78 is 5.36. The number of hydrazone groups is 1. The molecule has 6 nitrogen and oxygen atoms in total. The number of thioether (sulfide) groups is 1. The molecule has 1 aromatic heterocycles. The zero-order chi connectivity index (χ0) is 24.5. The minimum absolute atomic E-state index is 0.111. The third-order valence-electron chi connectivity index (χ3n) is 6.31. The van der Waals surface area contributed by atoms with Crippen LogP contribution in [0.25, 0.3) is 16.8 Å². The molecule has 1 unspecified atom stereocenters. The first-order valence-electron chi connectivity index (χ1n) is 11.6. The number of nitrogens with zero attached hydrogens (tertiary/aromatic N) is 4. The highest BCUT2D eigenvalue weighted by Crippen LogP contribution is 2.40. The number of methoxy groups -OCH3 is 1. The zero-order valence-corrected chi connectivity index (χ0v) is 20.4. The molecule has 0 saturated heterocycles. The number of amides is 1. The first-order chi connectivity index (χ1) is 17.7. The van der Waals surface area contributed by atoms with Crippen molar-refractivity contribution in [3.05, 3.63) is 113 Å². The molecule has 6 rings (SSSR count). The first-order valence-corrected chi connectivity index (χ1v) is 12.4. The summed E-state index contributed by atoms with van der Waals surface area (Å²) in [4.78, 5) is 21.8. The summed E-state index contributed by atoms with van der Waals surface area (Å²) in [5.74, 6) is 1.35. The Hall–Kier alpha value is -4.23. The van der Waals surface area contributed by atoms with Crippen LogP contribution in [0, 0.1) is 0 Å². The minimum atomic E-state index is -0.247. The largest absolute Gasteiger partial charge is 0.497 e. The lowest BCUT2D eigenvalue weighted by molar-refractivity contribution is 0.267. The molecule has 0 aliphatic carbocycles. The molecule has 3 heterocycles. The fourth-order valence-corrected chi connectivity index (χ4v) is 5.26. The number of aromatic nitrogens is 1. The third-order valence-corrected chi connectivity index (χ3v) is 7.09. The number of pyridine rings is 1. The van der Waals surface area contributed by atoms with E-state index in [4.69, 9.17) is 9.84 Å². The Morgan fingerprint density at radius 1 is 1.00 bits per heavy atom. The standard InChI is InChI=1S/C29H22N4O2S/c1-35-24-12-10-21(11-13-24)26-17-25(23-9-8-20-6-2-3-7-22(20)16-23)32-33(26)28-27(36-29(34)31-28)15-19-5-4-14-30-18-19/h2-16,18,26H,17H2,1H3/b27-15-. The number of fused-ring (bicyclic) bond motifs is 1. The Balaban J connectivity index is 1.43. The molecule has 0 N–H and O–H groups in total. The lowest BCUT2D eigenvalue weighted by atomic mass is 9.97. The molecular formula is C29H22N4O2S. The van der Waals surface area contributed by atoms with Crippen molar-refractivity contribution < 1.29 is 9.53 Å². The van der Waals surface area contributed by atoms with Gasteiger partial charge in [-0.25, -0.2) is 5.01 Å². The average molecular weight is 491 g/mol. The van der Waals surface area contributed by atoms with Crippen LogP contribution in [0.1, 0.15) is 29.2 Å². The first kappa shape index (κ1) is 22.2. The van der Waals surface area contributed by atoms with E-state index in [9.17, 15) is 4.79 Å². The van der Waals surface area contributed by atoms with Gasteiger partial charge in [0.15, 0.2) is 5.84 Å². The van der Waals surface area contributed by atoms with Crippen molar-refractivity contribution in [3.63, 3.8) is 0 Å². The van der Waals surface area contributed by atoms with Gasteiger partial charge in [-0.3, -0.25) is 9.78 Å². The van der Waals surface area contributed by atoms with Gasteiger partial charge < -0.3 is 4.74 Å². The highest BCUT2D eigenvalue weighted by Gasteiger charge is 2.37. The monoisotopic (exact) mass is 490 g/mol. The van der Waals surface area contributed by atoms with Crippen molar-refractivity contribution in [3.8, 4) is 5.75 Å². The number of hydrogen-bond acceptors (Lipinski definition) is 6. The maximum absolute atomic E-state index is 12.5. The smallest absolute Gasteiger partial charge is 0.311 e. The van der Waals surface area contributed by atoms with E-state index >= 15 is 0 Å². The molecule has 36 heavy (non-hydrogen) atoms. The number of amidine groups is 1. The molecule has 4 aromatic rings. The topological polar surface area (TPSA) is 67.2 Å². The summed E-state index contributed by atoms with van der Waals surface area (Å²) in [6.45, 7) is 0. The van der Waals surface area contributed by atoms with Crippen LogP contribution in [0.5, 0.6) is 5.75 Å². The molecule has 0 radical (unpaired) electrons. The van der Waals surface area contributed by atoms with Crippen LogP contribution in [0.3, 0.4) is 0 Å². The SMILES string of the molecule is COc1ccc(C2CC(c3ccc4ccccc4c3)=NN2C2=NC(=O)S/C2=C\c2cccnc2)cc1. The Morgan fingerprint density at radius 2 is 1.83 bits per heavy atom. The van der Waals surface area contributed by atoms with Gasteiger partial charge in [0.25, 0.3) is 0 Å². The third kappa shape index (κ3) is 4.29. The fraction of sp³-hybridized carbons (Fsp3) is 0.103. The number of carbonyl (C=O) groups excluding carboxylic acids is 1. The van der Waals surface area contributed by atoms with E-state index < -0.39 is 0 Å². The second-order valence-corrected chi connectivity index (χ2v) is 9.54. The van der Waals surface area contributed by atoms with Gasteiger partial charge in [0.1, 0.15) is 5.75 Å². The number of aliphatic imine (C=N–C) groups is 1. The summed E-state index contributed by atoms with van der Waals surface area (Å²) >= 11 is 1.12. The summed E-state index contributed by atoms with van der Waals surface area (Å²) in [6.07, 6.45) is 6.12. The van der Waals surface area contributed by atoms with E-state index in [1.165, 1.54) is 10.8 Å². The van der Waals surface area contributed by atoms with Gasteiger partial charge in [0.2, 0.25) is 0 Å². The van der Waals surface area contributed by atoms with E-state index in [1.54, 1.807) is 19.5 Å². The second-order valence-electron chi connectivity index (χ2n) is 8.54. The lowest BCUT2D eigenvalue weighted by Crippen LogP contribution is -2.26. The molecule has 1 atom stereocenters. The highest BCUT2D eigenvalue weighted by molar-refractivity contribution is 8.18. The Bertz CT molecular complexity index is 1540. The maximum Gasteiger partial charge on any atom is 0.311 e. The molecule has 1 amide bonds. The van der Waals surface area contributed by atoms with Gasteiger partial charge in [-0.05, 0) is 69.6 Å². The van der Waals surface area contributed by atoms with Crippen LogP contribution < -0.4 is 4.74 Å². The molecule has 176 valence electrons. The van der Waals surface area contributed by atoms with Crippen molar-refractivity contribution >= 4 is 45.4 Å². The van der Waals surface area contributed by atoms with Crippen LogP contribution in [-0.4, -0.2) is 33.9 Å². The number of ether oxygens (including phenoxy) is 1. The van der Waals surface area contributed by atoms with Crippen LogP contribution in [0.2, 0.25) is 0 Å². The van der Waals surface area contributed by atoms with Crippen LogP contribution in [-0.2, 0) is 0 Å². The Kier molecular flexibility index (Phi) is 5.83. The normalized spacial score (nSPS) is 18.6. The summed E-state index contributed by atoms with van der Waals surface area (Å²) in [7, 11) is 1.66. The van der Waals surface area contributed by atoms with E-state index in [2.05, 4.69) is 40.3 Å². The lowest BCUT2D eigenvalue weighted by Gasteiger charge is -2.24. The van der Waals surface area contributed by atoms with Gasteiger partial charge >= 0.3 is 5.24 Å². The highest BCUT2D eigenvalue weighted by atomic mass is 32.2. The van der Waals surface area contributed by atoms with Crippen LogP contribution in [0.4, 0.5) is 4.79 Å². The molecule has 0 fully saturated rings. The number of carbonyl (C=O) groups is 1. The number of rotatable bonds is 4. The van der Waals surface area contributed by atoms with E-state index in [1.807, 2.05) is 59.6 Å². The Labute approximate surface area is 213 Å². The van der Waals surface area contributed by atoms with Gasteiger partial charge in [-0.15, -0.1) is 0 Å². The number of hydrogen-bond donors (Lipinski definition) is 0. The predicted octanol–water partition coefficient (Wildman–Crippen LogP) is 6.70. The summed E-state index contributed by atoms with van der Waals surface area (Å²) in [6, 6.07) is 26.4. The second kappa shape index (κ2) is 9.43. The average Bonchev–Trinajstić information content (AvgIpc) is 3.52. The van der Waals surface area contributed by atoms with Crippen molar-refractivity contribution in [1.29, 1.82) is 0 Å². The van der Waals surface area contributed by atoms with Gasteiger partial charge in [-0.2, -0.15) is 10.1 Å². The van der Waals surface area contributed by atoms with Crippen molar-refractivity contribution in [2.75, 3.05) is 7.11 Å². The van der Waals surface area contributed by atoms with E-state index in [0.29, 0.717) is 12.3 Å². The zero-order valence-electron chi connectivity index (χ0n) is 19.5. The maximum atomic E-state index is 12.5. The van der Waals surface area contributed by atoms with E-state index in [-0.39, 0.29) is 11.3 Å². The fourth-order valence-electron chi connectivity index (χ4n) is 4.51. The quantitative estimate of drug-likeness (QED) is 0.318. The van der Waals surface area contributed by atoms with E-state index in [0.717, 1.165) is 44.8 Å². The van der Waals surface area contributed by atoms with Crippen molar-refractivity contribution in [2.24, 2.45) is 10.1 Å².